The van der Waals surface area contributed by atoms with E-state index in [1.807, 2.05) is 18.2 Å². The lowest BCUT2D eigenvalue weighted by Gasteiger charge is -2.05. The third-order valence-electron chi connectivity index (χ3n) is 2.68. The second kappa shape index (κ2) is 6.19. The van der Waals surface area contributed by atoms with Crippen molar-refractivity contribution in [3.05, 3.63) is 51.3 Å². The average Bonchev–Trinajstić information content (AvgIpc) is 2.69. The van der Waals surface area contributed by atoms with E-state index in [0.717, 1.165) is 5.56 Å². The summed E-state index contributed by atoms with van der Waals surface area (Å²) in [7, 11) is 1.54. The highest BCUT2D eigenvalue weighted by Crippen LogP contribution is 2.22. The molecule has 0 aliphatic carbocycles. The predicted octanol–water partition coefficient (Wildman–Crippen LogP) is 3.20. The Morgan fingerprint density at radius 1 is 1.37 bits per heavy atom. The van der Waals surface area contributed by atoms with Crippen LogP contribution in [0.3, 0.4) is 0 Å². The Labute approximate surface area is 120 Å². The molecule has 0 saturated heterocycles. The van der Waals surface area contributed by atoms with Gasteiger partial charge in [0.25, 0.3) is 0 Å². The van der Waals surface area contributed by atoms with Gasteiger partial charge in [-0.15, -0.1) is 0 Å². The largest absolute Gasteiger partial charge is 0.378 e. The zero-order chi connectivity index (χ0) is 13.8. The smallest absolute Gasteiger partial charge is 0.155 e. The van der Waals surface area contributed by atoms with Crippen LogP contribution in [0.5, 0.6) is 0 Å². The molecule has 100 valence electrons. The summed E-state index contributed by atoms with van der Waals surface area (Å²) in [5.74, 6) is 0. The Morgan fingerprint density at radius 3 is 2.74 bits per heavy atom. The molecule has 19 heavy (non-hydrogen) atoms. The molecule has 0 bridgehead atoms. The third-order valence-corrected chi connectivity index (χ3v) is 3.45. The number of methoxy groups -OCH3 is 1. The van der Waals surface area contributed by atoms with Gasteiger partial charge < -0.3 is 4.74 Å². The van der Waals surface area contributed by atoms with Crippen LogP contribution < -0.4 is 0 Å². The van der Waals surface area contributed by atoms with Gasteiger partial charge in [0, 0.05) is 12.1 Å². The molecular weight excluding hydrogens is 287 g/mol. The van der Waals surface area contributed by atoms with Gasteiger partial charge >= 0.3 is 0 Å². The van der Waals surface area contributed by atoms with Crippen molar-refractivity contribution in [2.75, 3.05) is 7.11 Å². The maximum atomic E-state index is 11.0. The molecule has 4 nitrogen and oxygen atoms in total. The maximum absolute atomic E-state index is 11.0. The van der Waals surface area contributed by atoms with Crippen LogP contribution in [0.25, 0.3) is 0 Å². The van der Waals surface area contributed by atoms with Crippen LogP contribution in [0.2, 0.25) is 10.2 Å². The first-order chi connectivity index (χ1) is 9.17. The number of benzene rings is 1. The molecule has 1 aromatic carbocycles. The number of nitrogens with zero attached hydrogens (tertiary/aromatic N) is 2. The number of rotatable bonds is 5. The van der Waals surface area contributed by atoms with E-state index >= 15 is 0 Å². The summed E-state index contributed by atoms with van der Waals surface area (Å²) in [5.41, 5.74) is 1.76. The van der Waals surface area contributed by atoms with Crippen molar-refractivity contribution in [3.63, 3.8) is 0 Å². The number of hydrogen-bond acceptors (Lipinski definition) is 3. The number of halogens is 2. The van der Waals surface area contributed by atoms with Gasteiger partial charge in [0.05, 0.1) is 18.7 Å². The number of carbonyl (C=O) groups is 1. The minimum atomic E-state index is 0.239. The maximum Gasteiger partial charge on any atom is 0.155 e. The Bertz CT molecular complexity index is 596. The normalized spacial score (nSPS) is 10.7. The number of ether oxygens (including phenoxy) is 1. The van der Waals surface area contributed by atoms with E-state index in [9.17, 15) is 4.79 Å². The Balaban J connectivity index is 2.36. The summed E-state index contributed by atoms with van der Waals surface area (Å²) in [4.78, 5) is 11.0. The third kappa shape index (κ3) is 2.97. The first-order valence-corrected chi connectivity index (χ1v) is 6.35. The first-order valence-electron chi connectivity index (χ1n) is 5.60. The van der Waals surface area contributed by atoms with Crippen LogP contribution in [0.1, 0.15) is 21.6 Å². The predicted molar refractivity (Wildman–Crippen MR) is 73.9 cm³/mol. The molecule has 0 unspecified atom stereocenters. The summed E-state index contributed by atoms with van der Waals surface area (Å²) in [6.07, 6.45) is 0.687. The van der Waals surface area contributed by atoms with Gasteiger partial charge in [-0.3, -0.25) is 4.79 Å². The number of carbonyl (C=O) groups excluding carboxylic acids is 1. The highest BCUT2D eigenvalue weighted by Gasteiger charge is 2.16. The average molecular weight is 299 g/mol. The fourth-order valence-corrected chi connectivity index (χ4v) is 2.20. The van der Waals surface area contributed by atoms with E-state index in [1.54, 1.807) is 10.7 Å². The van der Waals surface area contributed by atoms with Crippen molar-refractivity contribution in [1.29, 1.82) is 0 Å². The van der Waals surface area contributed by atoms with Gasteiger partial charge in [-0.1, -0.05) is 41.4 Å². The molecular formula is C13H12Cl2N2O2. The molecule has 0 fully saturated rings. The van der Waals surface area contributed by atoms with Crippen LogP contribution in [0.4, 0.5) is 0 Å². The highest BCUT2D eigenvalue weighted by atomic mass is 35.5. The van der Waals surface area contributed by atoms with Gasteiger partial charge in [-0.2, -0.15) is 5.10 Å². The van der Waals surface area contributed by atoms with E-state index in [2.05, 4.69) is 5.10 Å². The fraction of sp³-hybridized carbons (Fsp3) is 0.231. The van der Waals surface area contributed by atoms with Crippen molar-refractivity contribution < 1.29 is 9.53 Å². The van der Waals surface area contributed by atoms with Gasteiger partial charge in [0.1, 0.15) is 10.8 Å². The minimum absolute atomic E-state index is 0.239. The number of hydrogen-bond donors (Lipinski definition) is 0. The van der Waals surface area contributed by atoms with Crippen LogP contribution in [0.15, 0.2) is 24.3 Å². The van der Waals surface area contributed by atoms with Crippen LogP contribution >= 0.6 is 23.2 Å². The van der Waals surface area contributed by atoms with E-state index in [1.165, 1.54) is 7.11 Å². The first kappa shape index (κ1) is 14.1. The van der Waals surface area contributed by atoms with E-state index in [0.29, 0.717) is 34.3 Å². The Morgan fingerprint density at radius 2 is 2.11 bits per heavy atom. The SMILES string of the molecule is COCc1nn(Cc2ccccc2Cl)c(Cl)c1C=O. The van der Waals surface area contributed by atoms with Crippen molar-refractivity contribution >= 4 is 29.5 Å². The van der Waals surface area contributed by atoms with Crippen LogP contribution in [0, 0.1) is 0 Å². The Hall–Kier alpha value is -1.36. The molecule has 1 heterocycles. The topological polar surface area (TPSA) is 44.1 Å². The molecule has 0 aliphatic heterocycles. The minimum Gasteiger partial charge on any atom is -0.378 e. The van der Waals surface area contributed by atoms with E-state index < -0.39 is 0 Å². The van der Waals surface area contributed by atoms with Crippen LogP contribution in [-0.2, 0) is 17.9 Å². The lowest BCUT2D eigenvalue weighted by atomic mass is 10.2. The van der Waals surface area contributed by atoms with Gasteiger partial charge in [0.15, 0.2) is 6.29 Å². The zero-order valence-electron chi connectivity index (χ0n) is 10.3. The zero-order valence-corrected chi connectivity index (χ0v) is 11.8. The van der Waals surface area contributed by atoms with Crippen molar-refractivity contribution in [2.24, 2.45) is 0 Å². The molecule has 2 aromatic rings. The highest BCUT2D eigenvalue weighted by molar-refractivity contribution is 6.32. The second-order valence-electron chi connectivity index (χ2n) is 3.95. The van der Waals surface area contributed by atoms with Crippen molar-refractivity contribution in [2.45, 2.75) is 13.2 Å². The van der Waals surface area contributed by atoms with Gasteiger partial charge in [-0.05, 0) is 11.6 Å². The molecule has 0 spiro atoms. The van der Waals surface area contributed by atoms with Crippen LogP contribution in [-0.4, -0.2) is 23.2 Å². The molecule has 0 radical (unpaired) electrons. The molecule has 1 aromatic heterocycles. The monoisotopic (exact) mass is 298 g/mol. The molecule has 6 heteroatoms. The molecule has 0 amide bonds. The molecule has 0 atom stereocenters. The van der Waals surface area contributed by atoms with E-state index in [4.69, 9.17) is 27.9 Å². The molecule has 0 saturated carbocycles. The molecule has 0 N–H and O–H groups in total. The Kier molecular flexibility index (Phi) is 4.58. The van der Waals surface area contributed by atoms with E-state index in [-0.39, 0.29) is 6.61 Å². The van der Waals surface area contributed by atoms with Gasteiger partial charge in [0.2, 0.25) is 0 Å². The quantitative estimate of drug-likeness (QED) is 0.796. The summed E-state index contributed by atoms with van der Waals surface area (Å²) in [6.45, 7) is 0.645. The molecule has 2 rings (SSSR count). The second-order valence-corrected chi connectivity index (χ2v) is 4.72. The summed E-state index contributed by atoms with van der Waals surface area (Å²) >= 11 is 12.2. The fourth-order valence-electron chi connectivity index (χ4n) is 1.75. The summed E-state index contributed by atoms with van der Waals surface area (Å²) < 4.78 is 6.54. The van der Waals surface area contributed by atoms with Crippen molar-refractivity contribution in [1.82, 2.24) is 9.78 Å². The number of aldehydes is 1. The lowest BCUT2D eigenvalue weighted by Crippen LogP contribution is -2.03. The standard InChI is InChI=1S/C13H12Cl2N2O2/c1-19-8-12-10(7-18)13(15)17(16-12)6-9-4-2-3-5-11(9)14/h2-5,7H,6,8H2,1H3. The summed E-state index contributed by atoms with van der Waals surface area (Å²) in [5, 5.41) is 5.20. The lowest BCUT2D eigenvalue weighted by molar-refractivity contribution is 0.111. The molecule has 0 aliphatic rings. The van der Waals surface area contributed by atoms with Crippen molar-refractivity contribution in [3.8, 4) is 0 Å². The summed E-state index contributed by atoms with van der Waals surface area (Å²) in [6, 6.07) is 7.42. The number of aromatic nitrogens is 2. The van der Waals surface area contributed by atoms with Gasteiger partial charge in [-0.25, -0.2) is 4.68 Å².